The third-order valence-electron chi connectivity index (χ3n) is 5.23. The van der Waals surface area contributed by atoms with E-state index in [2.05, 4.69) is 15.2 Å². The number of anilines is 2. The molecule has 0 aliphatic carbocycles. The number of halogens is 2. The standard InChI is InChI=1S/C22H21F2N3O/c1-14-13-19(17-7-8-18(23)20(24)21(17)25-14)27-11-9-15(10-12-27)22(28)26-16-5-3-2-4-6-16/h2-8,13,15H,9-12H2,1H3,(H,26,28). The first-order valence-corrected chi connectivity index (χ1v) is 9.39. The average molecular weight is 381 g/mol. The van der Waals surface area contributed by atoms with Crippen molar-refractivity contribution in [3.8, 4) is 0 Å². The predicted octanol–water partition coefficient (Wildman–Crippen LogP) is 4.68. The Bertz CT molecular complexity index is 1020. The van der Waals surface area contributed by atoms with Crippen LogP contribution in [0.5, 0.6) is 0 Å². The van der Waals surface area contributed by atoms with Gasteiger partial charge in [0.1, 0.15) is 5.52 Å². The van der Waals surface area contributed by atoms with E-state index in [-0.39, 0.29) is 17.3 Å². The van der Waals surface area contributed by atoms with Crippen LogP contribution in [0.2, 0.25) is 0 Å². The SMILES string of the molecule is Cc1cc(N2CCC(C(=O)Nc3ccccc3)CC2)c2ccc(F)c(F)c2n1. The molecular weight excluding hydrogens is 360 g/mol. The minimum atomic E-state index is -0.917. The summed E-state index contributed by atoms with van der Waals surface area (Å²) in [6.45, 7) is 3.11. The highest BCUT2D eigenvalue weighted by Gasteiger charge is 2.26. The first-order valence-electron chi connectivity index (χ1n) is 9.39. The summed E-state index contributed by atoms with van der Waals surface area (Å²) in [4.78, 5) is 18.8. The zero-order chi connectivity index (χ0) is 19.7. The fraction of sp³-hybridized carbons (Fsp3) is 0.273. The van der Waals surface area contributed by atoms with Crippen LogP contribution in [0.3, 0.4) is 0 Å². The van der Waals surface area contributed by atoms with Gasteiger partial charge < -0.3 is 10.2 Å². The molecule has 144 valence electrons. The largest absolute Gasteiger partial charge is 0.371 e. The van der Waals surface area contributed by atoms with Crippen LogP contribution < -0.4 is 10.2 Å². The molecule has 0 radical (unpaired) electrons. The quantitative estimate of drug-likeness (QED) is 0.717. The van der Waals surface area contributed by atoms with Gasteiger partial charge in [0.15, 0.2) is 11.6 Å². The lowest BCUT2D eigenvalue weighted by molar-refractivity contribution is -0.120. The van der Waals surface area contributed by atoms with Crippen LogP contribution in [0, 0.1) is 24.5 Å². The summed E-state index contributed by atoms with van der Waals surface area (Å²) in [5.74, 6) is -1.86. The summed E-state index contributed by atoms with van der Waals surface area (Å²) in [7, 11) is 0. The number of piperidine rings is 1. The summed E-state index contributed by atoms with van der Waals surface area (Å²) < 4.78 is 27.8. The van der Waals surface area contributed by atoms with Crippen LogP contribution in [0.1, 0.15) is 18.5 Å². The summed E-state index contributed by atoms with van der Waals surface area (Å²) in [5.41, 5.74) is 2.32. The number of aromatic nitrogens is 1. The van der Waals surface area contributed by atoms with Gasteiger partial charge in [0.05, 0.1) is 0 Å². The Kier molecular flexibility index (Phi) is 4.94. The summed E-state index contributed by atoms with van der Waals surface area (Å²) >= 11 is 0. The van der Waals surface area contributed by atoms with Gasteiger partial charge in [0.25, 0.3) is 0 Å². The van der Waals surface area contributed by atoms with Gasteiger partial charge in [-0.05, 0) is 50.1 Å². The second-order valence-corrected chi connectivity index (χ2v) is 7.16. The van der Waals surface area contributed by atoms with Gasteiger partial charge in [-0.25, -0.2) is 13.8 Å². The van der Waals surface area contributed by atoms with Crippen molar-refractivity contribution in [3.05, 3.63) is 65.9 Å². The average Bonchev–Trinajstić information content (AvgIpc) is 2.71. The van der Waals surface area contributed by atoms with Crippen LogP contribution >= 0.6 is 0 Å². The molecule has 3 aromatic rings. The number of carbonyl (C=O) groups excluding carboxylic acids is 1. The Hall–Kier alpha value is -3.02. The molecule has 1 aliphatic heterocycles. The number of amides is 1. The number of hydrogen-bond acceptors (Lipinski definition) is 3. The molecule has 0 spiro atoms. The number of benzene rings is 2. The summed E-state index contributed by atoms with van der Waals surface area (Å²) in [6.07, 6.45) is 1.40. The third-order valence-corrected chi connectivity index (χ3v) is 5.23. The monoisotopic (exact) mass is 381 g/mol. The fourth-order valence-corrected chi connectivity index (χ4v) is 3.75. The van der Waals surface area contributed by atoms with Gasteiger partial charge in [-0.2, -0.15) is 0 Å². The Morgan fingerprint density at radius 1 is 1.11 bits per heavy atom. The summed E-state index contributed by atoms with van der Waals surface area (Å²) in [5, 5.41) is 3.55. The number of nitrogens with zero attached hydrogens (tertiary/aromatic N) is 2. The van der Waals surface area contributed by atoms with Gasteiger partial charge >= 0.3 is 0 Å². The van der Waals surface area contributed by atoms with E-state index in [0.717, 1.165) is 17.4 Å². The number of pyridine rings is 1. The number of carbonyl (C=O) groups is 1. The molecule has 4 nitrogen and oxygen atoms in total. The van der Waals surface area contributed by atoms with E-state index in [9.17, 15) is 13.6 Å². The number of fused-ring (bicyclic) bond motifs is 1. The van der Waals surface area contributed by atoms with Crippen molar-refractivity contribution in [2.24, 2.45) is 5.92 Å². The molecule has 0 atom stereocenters. The summed E-state index contributed by atoms with van der Waals surface area (Å²) in [6, 6.07) is 14.0. The molecule has 4 rings (SSSR count). The zero-order valence-corrected chi connectivity index (χ0v) is 15.6. The number of para-hydroxylation sites is 1. The smallest absolute Gasteiger partial charge is 0.227 e. The van der Waals surface area contributed by atoms with Crippen molar-refractivity contribution in [3.63, 3.8) is 0 Å². The molecule has 6 heteroatoms. The van der Waals surface area contributed by atoms with Crippen molar-refractivity contribution in [1.29, 1.82) is 0 Å². The van der Waals surface area contributed by atoms with Crippen LogP contribution in [0.4, 0.5) is 20.2 Å². The van der Waals surface area contributed by atoms with Crippen LogP contribution in [0.15, 0.2) is 48.5 Å². The highest BCUT2D eigenvalue weighted by molar-refractivity contribution is 5.94. The molecule has 28 heavy (non-hydrogen) atoms. The third kappa shape index (κ3) is 3.54. The first kappa shape index (κ1) is 18.3. The second-order valence-electron chi connectivity index (χ2n) is 7.16. The van der Waals surface area contributed by atoms with Crippen molar-refractivity contribution >= 4 is 28.2 Å². The molecule has 1 saturated heterocycles. The lowest BCUT2D eigenvalue weighted by atomic mass is 9.95. The van der Waals surface area contributed by atoms with Crippen molar-refractivity contribution in [2.75, 3.05) is 23.3 Å². The van der Waals surface area contributed by atoms with Crippen molar-refractivity contribution < 1.29 is 13.6 Å². The van der Waals surface area contributed by atoms with E-state index >= 15 is 0 Å². The molecule has 1 aliphatic rings. The Morgan fingerprint density at radius 2 is 1.82 bits per heavy atom. The van der Waals surface area contributed by atoms with E-state index in [4.69, 9.17) is 0 Å². The van der Waals surface area contributed by atoms with Gasteiger partial charge in [-0.1, -0.05) is 18.2 Å². The molecule has 2 heterocycles. The molecule has 0 unspecified atom stereocenters. The van der Waals surface area contributed by atoms with Gasteiger partial charge in [0.2, 0.25) is 5.91 Å². The van der Waals surface area contributed by atoms with E-state index in [1.54, 1.807) is 13.0 Å². The van der Waals surface area contributed by atoms with E-state index in [0.29, 0.717) is 37.0 Å². The maximum atomic E-state index is 14.2. The number of aryl methyl sites for hydroxylation is 1. The van der Waals surface area contributed by atoms with E-state index < -0.39 is 11.6 Å². The Morgan fingerprint density at radius 3 is 2.54 bits per heavy atom. The minimum absolute atomic E-state index is 0.0229. The number of nitrogens with one attached hydrogen (secondary N) is 1. The maximum Gasteiger partial charge on any atom is 0.227 e. The van der Waals surface area contributed by atoms with Crippen LogP contribution in [-0.4, -0.2) is 24.0 Å². The molecule has 2 aromatic carbocycles. The molecular formula is C22H21F2N3O. The Balaban J connectivity index is 1.51. The lowest BCUT2D eigenvalue weighted by Crippen LogP contribution is -2.38. The molecule has 1 fully saturated rings. The van der Waals surface area contributed by atoms with Crippen molar-refractivity contribution in [2.45, 2.75) is 19.8 Å². The Labute approximate surface area is 162 Å². The molecule has 0 saturated carbocycles. The molecule has 1 N–H and O–H groups in total. The maximum absolute atomic E-state index is 14.2. The lowest BCUT2D eigenvalue weighted by Gasteiger charge is -2.33. The van der Waals surface area contributed by atoms with Gasteiger partial charge in [0, 0.05) is 41.5 Å². The van der Waals surface area contributed by atoms with Crippen LogP contribution in [-0.2, 0) is 4.79 Å². The van der Waals surface area contributed by atoms with E-state index in [1.165, 1.54) is 0 Å². The van der Waals surface area contributed by atoms with Crippen molar-refractivity contribution in [1.82, 2.24) is 4.98 Å². The first-order chi connectivity index (χ1) is 13.5. The highest BCUT2D eigenvalue weighted by Crippen LogP contribution is 2.32. The second kappa shape index (κ2) is 7.54. The highest BCUT2D eigenvalue weighted by atomic mass is 19.2. The van der Waals surface area contributed by atoms with Crippen LogP contribution in [0.25, 0.3) is 10.9 Å². The van der Waals surface area contributed by atoms with E-state index in [1.807, 2.05) is 36.4 Å². The topological polar surface area (TPSA) is 45.2 Å². The zero-order valence-electron chi connectivity index (χ0n) is 15.6. The predicted molar refractivity (Wildman–Crippen MR) is 106 cm³/mol. The van der Waals surface area contributed by atoms with Gasteiger partial charge in [-0.3, -0.25) is 4.79 Å². The molecule has 1 aromatic heterocycles. The number of hydrogen-bond donors (Lipinski definition) is 1. The van der Waals surface area contributed by atoms with Gasteiger partial charge in [-0.15, -0.1) is 0 Å². The minimum Gasteiger partial charge on any atom is -0.371 e. The fourth-order valence-electron chi connectivity index (χ4n) is 3.75. The number of rotatable bonds is 3. The molecule has 1 amide bonds. The normalized spacial score (nSPS) is 15.0. The molecule has 0 bridgehead atoms.